The summed E-state index contributed by atoms with van der Waals surface area (Å²) in [6.45, 7) is 1.19. The molecule has 0 aliphatic heterocycles. The summed E-state index contributed by atoms with van der Waals surface area (Å²) in [5, 5.41) is 3.14. The third-order valence-corrected chi connectivity index (χ3v) is 6.35. The lowest BCUT2D eigenvalue weighted by Gasteiger charge is -2.13. The summed E-state index contributed by atoms with van der Waals surface area (Å²) in [6.07, 6.45) is 0.0284. The first kappa shape index (κ1) is 21.4. The van der Waals surface area contributed by atoms with Gasteiger partial charge in [-0.15, -0.1) is 11.3 Å². The number of carbonyl (C=O) groups excluding carboxylic acids is 1. The minimum absolute atomic E-state index is 0.0694. The summed E-state index contributed by atoms with van der Waals surface area (Å²) < 4.78 is 43.7. The van der Waals surface area contributed by atoms with Gasteiger partial charge in [-0.05, 0) is 31.0 Å². The fraction of sp³-hybridized carbons (Fsp3) is 0.364. The van der Waals surface area contributed by atoms with Crippen molar-refractivity contribution in [3.05, 3.63) is 71.1 Å². The van der Waals surface area contributed by atoms with Crippen LogP contribution in [-0.2, 0) is 11.3 Å². The number of nitrogens with one attached hydrogen (secondary N) is 1. The van der Waals surface area contributed by atoms with E-state index >= 15 is 0 Å². The Morgan fingerprint density at radius 3 is 2.81 bits per heavy atom. The minimum Gasteiger partial charge on any atom is -0.475 e. The Kier molecular flexibility index (Phi) is 6.04. The number of halogens is 3. The molecule has 1 fully saturated rings. The molecule has 1 saturated carbocycles. The first-order chi connectivity index (χ1) is 14.8. The number of benzene rings is 1. The molecule has 1 unspecified atom stereocenters. The number of hydrogen-bond acceptors (Lipinski definition) is 4. The summed E-state index contributed by atoms with van der Waals surface area (Å²) in [7, 11) is 0. The van der Waals surface area contributed by atoms with E-state index in [0.717, 1.165) is 28.5 Å². The van der Waals surface area contributed by atoms with Gasteiger partial charge < -0.3 is 14.6 Å². The van der Waals surface area contributed by atoms with E-state index in [1.807, 2.05) is 31.3 Å². The van der Waals surface area contributed by atoms with Crippen molar-refractivity contribution in [2.45, 2.75) is 38.0 Å². The molecule has 164 valence electrons. The van der Waals surface area contributed by atoms with E-state index in [1.54, 1.807) is 12.3 Å². The highest BCUT2D eigenvalue weighted by Crippen LogP contribution is 2.47. The summed E-state index contributed by atoms with van der Waals surface area (Å²) in [4.78, 5) is 17.9. The molecule has 1 amide bonds. The lowest BCUT2D eigenvalue weighted by atomic mass is 10.2. The van der Waals surface area contributed by atoms with Gasteiger partial charge in [0, 0.05) is 35.7 Å². The summed E-state index contributed by atoms with van der Waals surface area (Å²) in [6, 6.07) is 12.9. The van der Waals surface area contributed by atoms with Gasteiger partial charge in [0.25, 0.3) is 0 Å². The molecule has 1 N–H and O–H groups in total. The first-order valence-electron chi connectivity index (χ1n) is 9.95. The van der Waals surface area contributed by atoms with Crippen molar-refractivity contribution in [1.29, 1.82) is 0 Å². The molecule has 2 aromatic heterocycles. The van der Waals surface area contributed by atoms with E-state index in [-0.39, 0.29) is 28.8 Å². The van der Waals surface area contributed by atoms with E-state index in [1.165, 1.54) is 11.6 Å². The molecule has 0 bridgehead atoms. The van der Waals surface area contributed by atoms with E-state index < -0.39 is 12.8 Å². The molecule has 1 aliphatic carbocycles. The topological polar surface area (TPSA) is 56.2 Å². The van der Waals surface area contributed by atoms with Gasteiger partial charge in [-0.3, -0.25) is 4.79 Å². The lowest BCUT2D eigenvalue weighted by Crippen LogP contribution is -2.28. The number of alkyl halides is 3. The van der Waals surface area contributed by atoms with Crippen LogP contribution in [0, 0.1) is 5.92 Å². The molecule has 3 aromatic rings. The van der Waals surface area contributed by atoms with Crippen molar-refractivity contribution in [1.82, 2.24) is 14.9 Å². The number of carbonyl (C=O) groups is 1. The van der Waals surface area contributed by atoms with Gasteiger partial charge in [-0.2, -0.15) is 13.2 Å². The van der Waals surface area contributed by atoms with Gasteiger partial charge in [-0.1, -0.05) is 30.3 Å². The number of nitrogens with zero attached hydrogens (tertiary/aromatic N) is 2. The maximum atomic E-state index is 12.7. The van der Waals surface area contributed by atoms with E-state index in [9.17, 15) is 18.0 Å². The van der Waals surface area contributed by atoms with Crippen molar-refractivity contribution >= 4 is 17.2 Å². The second-order valence-electron chi connectivity index (χ2n) is 7.64. The Labute approximate surface area is 181 Å². The maximum absolute atomic E-state index is 12.7. The largest absolute Gasteiger partial charge is 0.475 e. The maximum Gasteiger partial charge on any atom is 0.422 e. The van der Waals surface area contributed by atoms with Crippen molar-refractivity contribution < 1.29 is 22.7 Å². The zero-order chi connectivity index (χ0) is 22.0. The first-order valence-corrected chi connectivity index (χ1v) is 10.8. The molecular weight excluding hydrogens is 427 g/mol. The molecule has 31 heavy (non-hydrogen) atoms. The van der Waals surface area contributed by atoms with Crippen molar-refractivity contribution in [3.63, 3.8) is 0 Å². The molecule has 1 aliphatic rings. The molecule has 0 saturated heterocycles. The SMILES string of the molecule is CC(NC(=O)[C@@H]1C[C@H]1c1nccn1Cc1ccccc1)c1ccc(OCC(F)(F)F)s1. The molecule has 3 atom stereocenters. The smallest absolute Gasteiger partial charge is 0.422 e. The summed E-state index contributed by atoms with van der Waals surface area (Å²) in [5.41, 5.74) is 1.17. The van der Waals surface area contributed by atoms with Gasteiger partial charge in [0.2, 0.25) is 5.91 Å². The van der Waals surface area contributed by atoms with Gasteiger partial charge in [0.15, 0.2) is 11.7 Å². The van der Waals surface area contributed by atoms with Crippen LogP contribution in [0.2, 0.25) is 0 Å². The van der Waals surface area contributed by atoms with Gasteiger partial charge in [-0.25, -0.2) is 4.98 Å². The number of amides is 1. The predicted octanol–water partition coefficient (Wildman–Crippen LogP) is 4.91. The monoisotopic (exact) mass is 449 g/mol. The minimum atomic E-state index is -4.38. The number of imidazole rings is 1. The van der Waals surface area contributed by atoms with Gasteiger partial charge >= 0.3 is 6.18 Å². The van der Waals surface area contributed by atoms with Crippen LogP contribution in [0.3, 0.4) is 0 Å². The van der Waals surface area contributed by atoms with Crippen molar-refractivity contribution in [2.24, 2.45) is 5.92 Å². The number of rotatable bonds is 8. The standard InChI is InChI=1S/C22H22F3N3O2S/c1-14(18-7-8-19(31-18)30-13-22(23,24)25)27-21(29)17-11-16(17)20-26-9-10-28(20)12-15-5-3-2-4-6-15/h2-10,14,16-17H,11-13H2,1H3,(H,27,29)/t14?,16-,17-/m1/s1. The van der Waals surface area contributed by atoms with Crippen LogP contribution < -0.4 is 10.1 Å². The Hall–Kier alpha value is -2.81. The zero-order valence-electron chi connectivity index (χ0n) is 16.8. The van der Waals surface area contributed by atoms with E-state index in [4.69, 9.17) is 4.74 Å². The van der Waals surface area contributed by atoms with Crippen LogP contribution >= 0.6 is 11.3 Å². The highest BCUT2D eigenvalue weighted by molar-refractivity contribution is 7.13. The average molecular weight is 449 g/mol. The molecular formula is C22H22F3N3O2S. The lowest BCUT2D eigenvalue weighted by molar-refractivity contribution is -0.152. The Balaban J connectivity index is 1.32. The van der Waals surface area contributed by atoms with Crippen LogP contribution in [0.25, 0.3) is 0 Å². The molecule has 0 spiro atoms. The van der Waals surface area contributed by atoms with Crippen LogP contribution in [0.15, 0.2) is 54.9 Å². The van der Waals surface area contributed by atoms with Crippen LogP contribution in [0.1, 0.15) is 41.6 Å². The second kappa shape index (κ2) is 8.74. The predicted molar refractivity (Wildman–Crippen MR) is 111 cm³/mol. The average Bonchev–Trinajstić information content (AvgIpc) is 3.15. The third-order valence-electron chi connectivity index (χ3n) is 5.17. The normalized spacial score (nSPS) is 19.1. The van der Waals surface area contributed by atoms with Crippen LogP contribution in [0.5, 0.6) is 5.06 Å². The number of ether oxygens (including phenoxy) is 1. The summed E-state index contributed by atoms with van der Waals surface area (Å²) in [5.74, 6) is 0.744. The Bertz CT molecular complexity index is 1030. The van der Waals surface area contributed by atoms with Crippen LogP contribution in [-0.4, -0.2) is 28.2 Å². The molecule has 4 rings (SSSR count). The Morgan fingerprint density at radius 1 is 1.29 bits per heavy atom. The molecule has 0 radical (unpaired) electrons. The molecule has 5 nitrogen and oxygen atoms in total. The van der Waals surface area contributed by atoms with Crippen molar-refractivity contribution in [2.75, 3.05) is 6.61 Å². The van der Waals surface area contributed by atoms with Crippen molar-refractivity contribution in [3.8, 4) is 5.06 Å². The highest BCUT2D eigenvalue weighted by atomic mass is 32.1. The second-order valence-corrected chi connectivity index (χ2v) is 8.72. The third kappa shape index (κ3) is 5.46. The zero-order valence-corrected chi connectivity index (χ0v) is 17.6. The number of aromatic nitrogens is 2. The highest BCUT2D eigenvalue weighted by Gasteiger charge is 2.46. The Morgan fingerprint density at radius 2 is 2.06 bits per heavy atom. The fourth-order valence-electron chi connectivity index (χ4n) is 3.52. The van der Waals surface area contributed by atoms with E-state index in [2.05, 4.69) is 27.0 Å². The molecule has 1 aromatic carbocycles. The fourth-order valence-corrected chi connectivity index (χ4v) is 4.38. The number of thiophene rings is 1. The molecule has 2 heterocycles. The van der Waals surface area contributed by atoms with Gasteiger partial charge in [0.05, 0.1) is 6.04 Å². The quantitative estimate of drug-likeness (QED) is 0.531. The van der Waals surface area contributed by atoms with E-state index in [0.29, 0.717) is 6.54 Å². The summed E-state index contributed by atoms with van der Waals surface area (Å²) >= 11 is 1.10. The molecule has 9 heteroatoms. The van der Waals surface area contributed by atoms with Crippen LogP contribution in [0.4, 0.5) is 13.2 Å². The number of hydrogen-bond donors (Lipinski definition) is 1. The van der Waals surface area contributed by atoms with Gasteiger partial charge in [0.1, 0.15) is 5.82 Å².